The maximum atomic E-state index is 12.6. The summed E-state index contributed by atoms with van der Waals surface area (Å²) in [6.07, 6.45) is 9.77. The maximum Gasteiger partial charge on any atom is 0.323 e. The van der Waals surface area contributed by atoms with Crippen LogP contribution < -0.4 is 0 Å². The van der Waals surface area contributed by atoms with E-state index >= 15 is 0 Å². The fourth-order valence-electron chi connectivity index (χ4n) is 5.51. The van der Waals surface area contributed by atoms with Gasteiger partial charge in [-0.25, -0.2) is 0 Å². The Balaban J connectivity index is 1.68. The summed E-state index contributed by atoms with van der Waals surface area (Å²) < 4.78 is 0. The molecule has 1 amide bonds. The zero-order chi connectivity index (χ0) is 15.0. The van der Waals surface area contributed by atoms with Crippen molar-refractivity contribution in [2.75, 3.05) is 13.1 Å². The van der Waals surface area contributed by atoms with Gasteiger partial charge in [-0.15, -0.1) is 6.58 Å². The Morgan fingerprint density at radius 3 is 2.10 bits per heavy atom. The van der Waals surface area contributed by atoms with Gasteiger partial charge in [0, 0.05) is 13.0 Å². The predicted molar refractivity (Wildman–Crippen MR) is 79.6 cm³/mol. The monoisotopic (exact) mass is 291 g/mol. The van der Waals surface area contributed by atoms with E-state index in [4.69, 9.17) is 5.11 Å². The standard InChI is InChI=1S/C17H25NO3/c1-2-3-18(11-16(20)21)15(19)10-17-7-12-4-13(8-17)6-14(5-12)9-17/h2,12-14H,1,3-11H2,(H,20,21). The van der Waals surface area contributed by atoms with Crippen LogP contribution in [0, 0.1) is 23.2 Å². The number of carboxylic acid groups (broad SMARTS) is 1. The molecule has 4 rings (SSSR count). The quantitative estimate of drug-likeness (QED) is 0.765. The van der Waals surface area contributed by atoms with Crippen LogP contribution in [0.3, 0.4) is 0 Å². The molecule has 4 saturated carbocycles. The Hall–Kier alpha value is -1.32. The number of nitrogens with zero attached hydrogens (tertiary/aromatic N) is 1. The van der Waals surface area contributed by atoms with Gasteiger partial charge in [0.1, 0.15) is 6.54 Å². The van der Waals surface area contributed by atoms with Crippen molar-refractivity contribution < 1.29 is 14.7 Å². The number of carbonyl (C=O) groups is 2. The number of carbonyl (C=O) groups excluding carboxylic acids is 1. The highest BCUT2D eigenvalue weighted by molar-refractivity contribution is 5.82. The van der Waals surface area contributed by atoms with Crippen molar-refractivity contribution in [3.63, 3.8) is 0 Å². The molecular weight excluding hydrogens is 266 g/mol. The molecule has 0 heterocycles. The predicted octanol–water partition coefficient (Wildman–Crippen LogP) is 2.69. The van der Waals surface area contributed by atoms with Gasteiger partial charge in [-0.05, 0) is 61.7 Å². The molecule has 4 nitrogen and oxygen atoms in total. The third-order valence-electron chi connectivity index (χ3n) is 5.72. The highest BCUT2D eigenvalue weighted by atomic mass is 16.4. The van der Waals surface area contributed by atoms with Crippen LogP contribution in [0.25, 0.3) is 0 Å². The molecule has 0 aromatic carbocycles. The molecule has 0 saturated heterocycles. The fraction of sp³-hybridized carbons (Fsp3) is 0.765. The molecule has 4 aliphatic carbocycles. The maximum absolute atomic E-state index is 12.6. The van der Waals surface area contributed by atoms with E-state index in [-0.39, 0.29) is 17.9 Å². The molecule has 0 aromatic heterocycles. The number of rotatable bonds is 6. The van der Waals surface area contributed by atoms with Crippen LogP contribution in [-0.2, 0) is 9.59 Å². The van der Waals surface area contributed by atoms with E-state index < -0.39 is 5.97 Å². The van der Waals surface area contributed by atoms with Gasteiger partial charge in [-0.3, -0.25) is 9.59 Å². The van der Waals surface area contributed by atoms with Crippen LogP contribution in [0.2, 0.25) is 0 Å². The van der Waals surface area contributed by atoms with Crippen LogP contribution in [0.4, 0.5) is 0 Å². The molecule has 4 aliphatic rings. The largest absolute Gasteiger partial charge is 0.480 e. The van der Waals surface area contributed by atoms with Crippen LogP contribution in [-0.4, -0.2) is 35.0 Å². The van der Waals surface area contributed by atoms with E-state index in [1.165, 1.54) is 43.4 Å². The minimum atomic E-state index is -0.948. The smallest absolute Gasteiger partial charge is 0.323 e. The molecule has 116 valence electrons. The molecule has 4 bridgehead atoms. The Bertz CT molecular complexity index is 422. The first-order valence-corrected chi connectivity index (χ1v) is 8.10. The molecule has 0 spiro atoms. The Kier molecular flexibility index (Phi) is 3.80. The zero-order valence-corrected chi connectivity index (χ0v) is 12.6. The number of aliphatic carboxylic acids is 1. The zero-order valence-electron chi connectivity index (χ0n) is 12.6. The summed E-state index contributed by atoms with van der Waals surface area (Å²) >= 11 is 0. The van der Waals surface area contributed by atoms with Gasteiger partial charge in [0.2, 0.25) is 5.91 Å². The van der Waals surface area contributed by atoms with E-state index in [9.17, 15) is 9.59 Å². The molecule has 0 unspecified atom stereocenters. The van der Waals surface area contributed by atoms with Crippen LogP contribution >= 0.6 is 0 Å². The van der Waals surface area contributed by atoms with E-state index in [1.807, 2.05) is 0 Å². The lowest BCUT2D eigenvalue weighted by Crippen LogP contribution is -2.49. The summed E-state index contributed by atoms with van der Waals surface area (Å²) in [4.78, 5) is 24.9. The van der Waals surface area contributed by atoms with Gasteiger partial charge < -0.3 is 10.0 Å². The summed E-state index contributed by atoms with van der Waals surface area (Å²) in [5, 5.41) is 8.96. The van der Waals surface area contributed by atoms with Gasteiger partial charge in [0.05, 0.1) is 0 Å². The van der Waals surface area contributed by atoms with Crippen molar-refractivity contribution in [2.24, 2.45) is 23.2 Å². The second-order valence-electron chi connectivity index (χ2n) is 7.55. The third kappa shape index (κ3) is 2.99. The Morgan fingerprint density at radius 2 is 1.67 bits per heavy atom. The molecule has 0 atom stereocenters. The van der Waals surface area contributed by atoms with Gasteiger partial charge in [-0.2, -0.15) is 0 Å². The normalized spacial score (nSPS) is 36.5. The highest BCUT2D eigenvalue weighted by Crippen LogP contribution is 2.61. The molecule has 0 aromatic rings. The number of hydrogen-bond donors (Lipinski definition) is 1. The summed E-state index contributed by atoms with van der Waals surface area (Å²) in [5.41, 5.74) is 0.170. The number of amides is 1. The van der Waals surface area contributed by atoms with Crippen molar-refractivity contribution >= 4 is 11.9 Å². The molecule has 4 heteroatoms. The summed E-state index contributed by atoms with van der Waals surface area (Å²) in [5.74, 6) is 1.50. The molecule has 4 fully saturated rings. The van der Waals surface area contributed by atoms with Crippen molar-refractivity contribution in [2.45, 2.75) is 44.9 Å². The molecular formula is C17H25NO3. The molecule has 0 aliphatic heterocycles. The van der Waals surface area contributed by atoms with E-state index in [2.05, 4.69) is 6.58 Å². The summed E-state index contributed by atoms with van der Waals surface area (Å²) in [6.45, 7) is 3.75. The van der Waals surface area contributed by atoms with E-state index in [1.54, 1.807) is 6.08 Å². The summed E-state index contributed by atoms with van der Waals surface area (Å²) in [7, 11) is 0. The van der Waals surface area contributed by atoms with Gasteiger partial charge in [-0.1, -0.05) is 6.08 Å². The molecule has 21 heavy (non-hydrogen) atoms. The van der Waals surface area contributed by atoms with Crippen LogP contribution in [0.1, 0.15) is 44.9 Å². The van der Waals surface area contributed by atoms with Crippen molar-refractivity contribution in [3.05, 3.63) is 12.7 Å². The second kappa shape index (κ2) is 5.47. The highest BCUT2D eigenvalue weighted by Gasteiger charge is 2.51. The molecule has 1 N–H and O–H groups in total. The van der Waals surface area contributed by atoms with Crippen LogP contribution in [0.5, 0.6) is 0 Å². The van der Waals surface area contributed by atoms with E-state index in [0.29, 0.717) is 13.0 Å². The van der Waals surface area contributed by atoms with Crippen molar-refractivity contribution in [1.29, 1.82) is 0 Å². The van der Waals surface area contributed by atoms with E-state index in [0.717, 1.165) is 17.8 Å². The topological polar surface area (TPSA) is 57.6 Å². The first kappa shape index (κ1) is 14.6. The number of carboxylic acids is 1. The lowest BCUT2D eigenvalue weighted by molar-refractivity contribution is -0.147. The second-order valence-corrected chi connectivity index (χ2v) is 7.55. The average molecular weight is 291 g/mol. The minimum absolute atomic E-state index is 0.000694. The summed E-state index contributed by atoms with van der Waals surface area (Å²) in [6, 6.07) is 0. The Labute approximate surface area is 126 Å². The SMILES string of the molecule is C=CCN(CC(=O)O)C(=O)CC12CC3CC(CC(C3)C1)C2. The average Bonchev–Trinajstić information content (AvgIpc) is 2.35. The first-order chi connectivity index (χ1) is 9.99. The lowest BCUT2D eigenvalue weighted by atomic mass is 9.49. The van der Waals surface area contributed by atoms with Gasteiger partial charge in [0.15, 0.2) is 0 Å². The first-order valence-electron chi connectivity index (χ1n) is 8.10. The fourth-order valence-corrected chi connectivity index (χ4v) is 5.51. The van der Waals surface area contributed by atoms with Crippen molar-refractivity contribution in [3.8, 4) is 0 Å². The molecule has 0 radical (unpaired) electrons. The van der Waals surface area contributed by atoms with Gasteiger partial charge >= 0.3 is 5.97 Å². The van der Waals surface area contributed by atoms with Gasteiger partial charge in [0.25, 0.3) is 0 Å². The van der Waals surface area contributed by atoms with Crippen LogP contribution in [0.15, 0.2) is 12.7 Å². The third-order valence-corrected chi connectivity index (χ3v) is 5.72. The number of hydrogen-bond acceptors (Lipinski definition) is 2. The van der Waals surface area contributed by atoms with Crippen molar-refractivity contribution in [1.82, 2.24) is 4.90 Å². The minimum Gasteiger partial charge on any atom is -0.480 e. The lowest BCUT2D eigenvalue weighted by Gasteiger charge is -2.57. The Morgan fingerprint density at radius 1 is 1.14 bits per heavy atom.